The quantitative estimate of drug-likeness (QED) is 0.545. The van der Waals surface area contributed by atoms with Crippen LogP contribution < -0.4 is 0 Å². The van der Waals surface area contributed by atoms with Crippen LogP contribution in [-0.2, 0) is 9.53 Å². The number of aliphatic hydroxyl groups is 1. The van der Waals surface area contributed by atoms with E-state index in [-0.39, 0.29) is 5.92 Å². The Morgan fingerprint density at radius 1 is 1.40 bits per heavy atom. The summed E-state index contributed by atoms with van der Waals surface area (Å²) in [6.07, 6.45) is 2.52. The van der Waals surface area contributed by atoms with Crippen molar-refractivity contribution in [1.82, 2.24) is 0 Å². The highest BCUT2D eigenvalue weighted by atomic mass is 16.5. The molecule has 0 saturated heterocycles. The van der Waals surface area contributed by atoms with Gasteiger partial charge in [-0.1, -0.05) is 33.3 Å². The van der Waals surface area contributed by atoms with Crippen LogP contribution in [0.3, 0.4) is 0 Å². The number of carbonyl (C=O) groups is 1. The molecule has 0 radical (unpaired) electrons. The molecule has 0 bridgehead atoms. The van der Waals surface area contributed by atoms with Gasteiger partial charge in [-0.05, 0) is 19.3 Å². The summed E-state index contributed by atoms with van der Waals surface area (Å²) < 4.78 is 4.91. The van der Waals surface area contributed by atoms with E-state index in [2.05, 4.69) is 0 Å². The molecule has 0 rings (SSSR count). The van der Waals surface area contributed by atoms with Crippen molar-refractivity contribution in [2.75, 3.05) is 6.61 Å². The molecule has 0 aliphatic rings. The lowest BCUT2D eigenvalue weighted by Crippen LogP contribution is -2.20. The third-order valence-corrected chi connectivity index (χ3v) is 1.95. The fourth-order valence-electron chi connectivity index (χ4n) is 1.32. The predicted octanol–water partition coefficient (Wildman–Crippen LogP) is 2.29. The van der Waals surface area contributed by atoms with Gasteiger partial charge < -0.3 is 9.84 Å². The largest absolute Gasteiger partial charge is 0.463 e. The Bertz CT molecular complexity index is 219. The van der Waals surface area contributed by atoms with Crippen molar-refractivity contribution in [3.05, 3.63) is 11.6 Å². The fraction of sp³-hybridized carbons (Fsp3) is 0.750. The van der Waals surface area contributed by atoms with Crippen LogP contribution in [0, 0.1) is 5.92 Å². The van der Waals surface area contributed by atoms with Gasteiger partial charge in [-0.3, -0.25) is 0 Å². The summed E-state index contributed by atoms with van der Waals surface area (Å²) in [6.45, 7) is 8.02. The predicted molar refractivity (Wildman–Crippen MR) is 60.5 cm³/mol. The zero-order chi connectivity index (χ0) is 11.8. The van der Waals surface area contributed by atoms with Crippen LogP contribution in [0.5, 0.6) is 0 Å². The lowest BCUT2D eigenvalue weighted by Gasteiger charge is -2.14. The molecule has 1 N–H and O–H groups in total. The first-order chi connectivity index (χ1) is 7.02. The summed E-state index contributed by atoms with van der Waals surface area (Å²) in [5.74, 6) is -0.164. The molecule has 0 aliphatic carbocycles. The lowest BCUT2D eigenvalue weighted by atomic mass is 10.0. The van der Waals surface area contributed by atoms with E-state index in [1.807, 2.05) is 20.8 Å². The summed E-state index contributed by atoms with van der Waals surface area (Å²) in [6, 6.07) is 0. The summed E-state index contributed by atoms with van der Waals surface area (Å²) in [5.41, 5.74) is 0.397. The Balaban J connectivity index is 4.64. The highest BCUT2D eigenvalue weighted by molar-refractivity contribution is 5.89. The van der Waals surface area contributed by atoms with Crippen molar-refractivity contribution in [3.8, 4) is 0 Å². The molecule has 0 aromatic rings. The molecule has 0 spiro atoms. The van der Waals surface area contributed by atoms with Gasteiger partial charge in [0.1, 0.15) is 0 Å². The van der Waals surface area contributed by atoms with Gasteiger partial charge in [0.2, 0.25) is 0 Å². The molecule has 0 saturated carbocycles. The molecule has 3 heteroatoms. The molecule has 0 aromatic heterocycles. The first kappa shape index (κ1) is 14.2. The average Bonchev–Trinajstić information content (AvgIpc) is 2.14. The van der Waals surface area contributed by atoms with Crippen LogP contribution in [0.2, 0.25) is 0 Å². The number of aliphatic hydroxyl groups excluding tert-OH is 1. The number of hydrogen-bond acceptors (Lipinski definition) is 3. The summed E-state index contributed by atoms with van der Waals surface area (Å²) in [7, 11) is 0. The lowest BCUT2D eigenvalue weighted by molar-refractivity contribution is -0.139. The van der Waals surface area contributed by atoms with Crippen molar-refractivity contribution < 1.29 is 14.6 Å². The average molecular weight is 214 g/mol. The van der Waals surface area contributed by atoms with Crippen LogP contribution in [0.25, 0.3) is 0 Å². The van der Waals surface area contributed by atoms with E-state index in [0.29, 0.717) is 18.6 Å². The van der Waals surface area contributed by atoms with Crippen molar-refractivity contribution in [2.45, 2.75) is 46.6 Å². The Labute approximate surface area is 92.1 Å². The minimum atomic E-state index is -0.698. The van der Waals surface area contributed by atoms with Crippen molar-refractivity contribution >= 4 is 5.97 Å². The van der Waals surface area contributed by atoms with E-state index in [1.165, 1.54) is 0 Å². The van der Waals surface area contributed by atoms with E-state index in [4.69, 9.17) is 4.74 Å². The minimum absolute atomic E-state index is 0.232. The second-order valence-electron chi connectivity index (χ2n) is 3.89. The molecule has 0 fully saturated rings. The summed E-state index contributed by atoms with van der Waals surface area (Å²) >= 11 is 0. The van der Waals surface area contributed by atoms with Gasteiger partial charge >= 0.3 is 5.97 Å². The smallest absolute Gasteiger partial charge is 0.336 e. The fourth-order valence-corrected chi connectivity index (χ4v) is 1.32. The Morgan fingerprint density at radius 2 is 2.00 bits per heavy atom. The van der Waals surface area contributed by atoms with E-state index in [1.54, 1.807) is 13.0 Å². The highest BCUT2D eigenvalue weighted by Crippen LogP contribution is 2.13. The molecule has 0 aromatic carbocycles. The zero-order valence-corrected chi connectivity index (χ0v) is 10.1. The third-order valence-electron chi connectivity index (χ3n) is 1.95. The second kappa shape index (κ2) is 7.46. The zero-order valence-electron chi connectivity index (χ0n) is 10.1. The number of carbonyl (C=O) groups excluding carboxylic acids is 1. The first-order valence-corrected chi connectivity index (χ1v) is 5.59. The monoisotopic (exact) mass is 214 g/mol. The van der Waals surface area contributed by atoms with Gasteiger partial charge in [-0.15, -0.1) is 0 Å². The molecule has 1 atom stereocenters. The van der Waals surface area contributed by atoms with E-state index < -0.39 is 12.1 Å². The van der Waals surface area contributed by atoms with Gasteiger partial charge in [0.25, 0.3) is 0 Å². The van der Waals surface area contributed by atoms with E-state index in [0.717, 1.165) is 6.42 Å². The summed E-state index contributed by atoms with van der Waals surface area (Å²) in [4.78, 5) is 11.5. The SMILES string of the molecule is CCC[C@@H](O)C(=CC(C)C)C(=O)OCC. The van der Waals surface area contributed by atoms with E-state index >= 15 is 0 Å². The van der Waals surface area contributed by atoms with E-state index in [9.17, 15) is 9.90 Å². The number of hydrogen-bond donors (Lipinski definition) is 1. The Morgan fingerprint density at radius 3 is 2.40 bits per heavy atom. The molecular formula is C12H22O3. The topological polar surface area (TPSA) is 46.5 Å². The number of allylic oxidation sites excluding steroid dienone is 1. The van der Waals surface area contributed by atoms with Crippen molar-refractivity contribution in [2.24, 2.45) is 5.92 Å². The molecule has 0 unspecified atom stereocenters. The standard InChI is InChI=1S/C12H22O3/c1-5-7-11(13)10(8-9(3)4)12(14)15-6-2/h8-9,11,13H,5-7H2,1-4H3/t11-/m1/s1. The maximum Gasteiger partial charge on any atom is 0.336 e. The van der Waals surface area contributed by atoms with Gasteiger partial charge in [-0.25, -0.2) is 4.79 Å². The van der Waals surface area contributed by atoms with Crippen LogP contribution in [0.1, 0.15) is 40.5 Å². The number of ether oxygens (including phenoxy) is 1. The molecule has 0 amide bonds. The molecular weight excluding hydrogens is 192 g/mol. The molecule has 0 heterocycles. The number of esters is 1. The van der Waals surface area contributed by atoms with Crippen molar-refractivity contribution in [1.29, 1.82) is 0 Å². The van der Waals surface area contributed by atoms with Crippen LogP contribution in [0.15, 0.2) is 11.6 Å². The third kappa shape index (κ3) is 5.57. The molecule has 15 heavy (non-hydrogen) atoms. The van der Waals surface area contributed by atoms with Crippen LogP contribution in [-0.4, -0.2) is 23.8 Å². The van der Waals surface area contributed by atoms with Gasteiger partial charge in [0, 0.05) is 0 Å². The van der Waals surface area contributed by atoms with Crippen molar-refractivity contribution in [3.63, 3.8) is 0 Å². The number of rotatable bonds is 6. The molecule has 0 aliphatic heterocycles. The van der Waals surface area contributed by atoms with Crippen LogP contribution in [0.4, 0.5) is 0 Å². The van der Waals surface area contributed by atoms with Crippen LogP contribution >= 0.6 is 0 Å². The van der Waals surface area contributed by atoms with Gasteiger partial charge in [-0.2, -0.15) is 0 Å². The minimum Gasteiger partial charge on any atom is -0.463 e. The van der Waals surface area contributed by atoms with Gasteiger partial charge in [0.05, 0.1) is 18.3 Å². The highest BCUT2D eigenvalue weighted by Gasteiger charge is 2.19. The molecule has 88 valence electrons. The molecule has 3 nitrogen and oxygen atoms in total. The first-order valence-electron chi connectivity index (χ1n) is 5.59. The summed E-state index contributed by atoms with van der Waals surface area (Å²) in [5, 5.41) is 9.79. The Hall–Kier alpha value is -0.830. The second-order valence-corrected chi connectivity index (χ2v) is 3.89. The van der Waals surface area contributed by atoms with Gasteiger partial charge in [0.15, 0.2) is 0 Å². The normalized spacial score (nSPS) is 14.1. The Kier molecular flexibility index (Phi) is 7.05. The maximum absolute atomic E-state index is 11.5. The maximum atomic E-state index is 11.5.